The highest BCUT2D eigenvalue weighted by Crippen LogP contribution is 2.34. The van der Waals surface area contributed by atoms with Gasteiger partial charge in [0.1, 0.15) is 6.04 Å². The average molecular weight is 300 g/mol. The van der Waals surface area contributed by atoms with E-state index in [4.69, 9.17) is 0 Å². The minimum atomic E-state index is -4.47. The Bertz CT molecular complexity index is 570. The molecule has 1 heterocycles. The Hall–Kier alpha value is -2.05. The van der Waals surface area contributed by atoms with E-state index in [2.05, 4.69) is 10.6 Å². The van der Waals surface area contributed by atoms with Crippen molar-refractivity contribution in [1.29, 1.82) is 0 Å². The highest BCUT2D eigenvalue weighted by molar-refractivity contribution is 5.98. The molecule has 1 aromatic rings. The lowest BCUT2D eigenvalue weighted by molar-refractivity contribution is -0.138. The maximum absolute atomic E-state index is 12.8. The van der Waals surface area contributed by atoms with Crippen molar-refractivity contribution in [3.05, 3.63) is 29.3 Å². The predicted octanol–water partition coefficient (Wildman–Crippen LogP) is 2.62. The first-order chi connectivity index (χ1) is 9.79. The molecule has 0 saturated carbocycles. The largest absolute Gasteiger partial charge is 0.416 e. The van der Waals surface area contributed by atoms with Crippen molar-refractivity contribution < 1.29 is 22.8 Å². The molecule has 1 aliphatic heterocycles. The molecule has 21 heavy (non-hydrogen) atoms. The van der Waals surface area contributed by atoms with Gasteiger partial charge in [-0.05, 0) is 37.5 Å². The van der Waals surface area contributed by atoms with Gasteiger partial charge in [-0.15, -0.1) is 0 Å². The lowest BCUT2D eigenvalue weighted by Gasteiger charge is -2.23. The van der Waals surface area contributed by atoms with E-state index in [1.807, 2.05) is 0 Å². The molecule has 2 N–H and O–H groups in total. The highest BCUT2D eigenvalue weighted by Gasteiger charge is 2.33. The Labute approximate surface area is 119 Å². The van der Waals surface area contributed by atoms with Gasteiger partial charge >= 0.3 is 6.18 Å². The Kier molecular flexibility index (Phi) is 4.20. The van der Waals surface area contributed by atoms with Gasteiger partial charge < -0.3 is 10.6 Å². The molecule has 0 radical (unpaired) electrons. The van der Waals surface area contributed by atoms with Crippen molar-refractivity contribution in [2.24, 2.45) is 0 Å². The summed E-state index contributed by atoms with van der Waals surface area (Å²) in [4.78, 5) is 23.3. The monoisotopic (exact) mass is 300 g/mol. The Balaban J connectivity index is 2.16. The molecule has 0 aromatic heterocycles. The third-order valence-electron chi connectivity index (χ3n) is 3.45. The van der Waals surface area contributed by atoms with Gasteiger partial charge in [0.05, 0.1) is 5.56 Å². The molecule has 114 valence electrons. The lowest BCUT2D eigenvalue weighted by atomic mass is 10.0. The van der Waals surface area contributed by atoms with Crippen LogP contribution in [0.4, 0.5) is 18.9 Å². The second-order valence-corrected chi connectivity index (χ2v) is 4.98. The molecule has 2 rings (SSSR count). The zero-order valence-electron chi connectivity index (χ0n) is 11.4. The number of piperidine rings is 1. The number of halogens is 3. The minimum Gasteiger partial charge on any atom is -0.344 e. The molecule has 0 unspecified atom stereocenters. The number of benzene rings is 1. The summed E-state index contributed by atoms with van der Waals surface area (Å²) >= 11 is 0. The molecule has 0 spiro atoms. The van der Waals surface area contributed by atoms with Crippen LogP contribution in [0.2, 0.25) is 0 Å². The van der Waals surface area contributed by atoms with Crippen molar-refractivity contribution in [1.82, 2.24) is 5.32 Å². The minimum absolute atomic E-state index is 0.0412. The van der Waals surface area contributed by atoms with E-state index >= 15 is 0 Å². The number of hydrogen-bond acceptors (Lipinski definition) is 2. The summed E-state index contributed by atoms with van der Waals surface area (Å²) in [7, 11) is 0. The van der Waals surface area contributed by atoms with Crippen molar-refractivity contribution in [3.63, 3.8) is 0 Å². The molecule has 1 fully saturated rings. The number of anilines is 1. The van der Waals surface area contributed by atoms with Crippen LogP contribution in [-0.4, -0.2) is 17.9 Å². The quantitative estimate of drug-likeness (QED) is 0.882. The van der Waals surface area contributed by atoms with Crippen molar-refractivity contribution in [3.8, 4) is 0 Å². The average Bonchev–Trinajstić information content (AvgIpc) is 2.39. The van der Waals surface area contributed by atoms with Gasteiger partial charge in [0.25, 0.3) is 0 Å². The topological polar surface area (TPSA) is 58.2 Å². The normalized spacial score (nSPS) is 19.0. The van der Waals surface area contributed by atoms with E-state index in [1.54, 1.807) is 0 Å². The Morgan fingerprint density at radius 2 is 2.10 bits per heavy atom. The number of alkyl halides is 3. The van der Waals surface area contributed by atoms with Crippen LogP contribution in [0.3, 0.4) is 0 Å². The van der Waals surface area contributed by atoms with E-state index in [-0.39, 0.29) is 17.2 Å². The summed E-state index contributed by atoms with van der Waals surface area (Å²) in [5.74, 6) is -0.715. The van der Waals surface area contributed by atoms with Crippen LogP contribution in [0, 0.1) is 6.92 Å². The summed E-state index contributed by atoms with van der Waals surface area (Å²) in [6, 6.07) is 2.92. The molecule has 0 aliphatic carbocycles. The molecule has 7 heteroatoms. The van der Waals surface area contributed by atoms with Crippen LogP contribution < -0.4 is 10.6 Å². The van der Waals surface area contributed by atoms with Gasteiger partial charge in [0, 0.05) is 12.1 Å². The van der Waals surface area contributed by atoms with Crippen LogP contribution in [-0.2, 0) is 15.8 Å². The maximum atomic E-state index is 12.8. The number of amides is 2. The van der Waals surface area contributed by atoms with E-state index in [9.17, 15) is 22.8 Å². The smallest absolute Gasteiger partial charge is 0.344 e. The lowest BCUT2D eigenvalue weighted by Crippen LogP contribution is -2.46. The summed E-state index contributed by atoms with van der Waals surface area (Å²) in [6.45, 7) is 1.30. The Morgan fingerprint density at radius 3 is 2.71 bits per heavy atom. The summed E-state index contributed by atoms with van der Waals surface area (Å²) < 4.78 is 38.4. The number of rotatable bonds is 2. The van der Waals surface area contributed by atoms with Crippen molar-refractivity contribution in [2.45, 2.75) is 38.4 Å². The second-order valence-electron chi connectivity index (χ2n) is 4.98. The first-order valence-electron chi connectivity index (χ1n) is 6.56. The molecule has 1 aromatic carbocycles. The Morgan fingerprint density at radius 1 is 1.38 bits per heavy atom. The van der Waals surface area contributed by atoms with E-state index in [0.717, 1.165) is 6.07 Å². The first kappa shape index (κ1) is 15.3. The first-order valence-corrected chi connectivity index (χ1v) is 6.56. The van der Waals surface area contributed by atoms with Gasteiger partial charge in [-0.1, -0.05) is 6.07 Å². The fourth-order valence-electron chi connectivity index (χ4n) is 2.30. The third kappa shape index (κ3) is 3.53. The van der Waals surface area contributed by atoms with Crippen LogP contribution in [0.15, 0.2) is 18.2 Å². The van der Waals surface area contributed by atoms with Gasteiger partial charge in [0.2, 0.25) is 11.8 Å². The molecular weight excluding hydrogens is 285 g/mol. The molecule has 1 saturated heterocycles. The zero-order chi connectivity index (χ0) is 15.6. The van der Waals surface area contributed by atoms with Crippen LogP contribution in [0.5, 0.6) is 0 Å². The summed E-state index contributed by atoms with van der Waals surface area (Å²) in [5, 5.41) is 4.99. The predicted molar refractivity (Wildman–Crippen MR) is 70.6 cm³/mol. The van der Waals surface area contributed by atoms with Crippen LogP contribution >= 0.6 is 0 Å². The molecule has 1 atom stereocenters. The summed E-state index contributed by atoms with van der Waals surface area (Å²) in [6.07, 6.45) is -3.03. The SMILES string of the molecule is Cc1c(NC(=O)[C@H]2CCCC(=O)N2)cccc1C(F)(F)F. The fourth-order valence-corrected chi connectivity index (χ4v) is 2.30. The van der Waals surface area contributed by atoms with Gasteiger partial charge in [-0.2, -0.15) is 13.2 Å². The standard InChI is InChI=1S/C14H15F3N2O2/c1-8-9(14(15,16)17)4-2-5-10(8)19-13(21)11-6-3-7-12(20)18-11/h2,4-5,11H,3,6-7H2,1H3,(H,18,20)(H,19,21)/t11-/m1/s1. The molecule has 2 amide bonds. The molecule has 4 nitrogen and oxygen atoms in total. The second kappa shape index (κ2) is 5.75. The zero-order valence-corrected chi connectivity index (χ0v) is 11.4. The van der Waals surface area contributed by atoms with E-state index in [0.29, 0.717) is 19.3 Å². The summed E-state index contributed by atoms with van der Waals surface area (Å²) in [5.41, 5.74) is -0.719. The molecule has 1 aliphatic rings. The maximum Gasteiger partial charge on any atom is 0.416 e. The van der Waals surface area contributed by atoms with E-state index in [1.165, 1.54) is 19.1 Å². The van der Waals surface area contributed by atoms with E-state index < -0.39 is 23.7 Å². The van der Waals surface area contributed by atoms with Gasteiger partial charge in [-0.25, -0.2) is 0 Å². The van der Waals surface area contributed by atoms with Gasteiger partial charge in [-0.3, -0.25) is 9.59 Å². The molecule has 0 bridgehead atoms. The number of hydrogen-bond donors (Lipinski definition) is 2. The van der Waals surface area contributed by atoms with Crippen LogP contribution in [0.25, 0.3) is 0 Å². The van der Waals surface area contributed by atoms with Gasteiger partial charge in [0.15, 0.2) is 0 Å². The number of carbonyl (C=O) groups is 2. The number of carbonyl (C=O) groups excluding carboxylic acids is 2. The van der Waals surface area contributed by atoms with Crippen molar-refractivity contribution >= 4 is 17.5 Å². The number of nitrogens with one attached hydrogen (secondary N) is 2. The van der Waals surface area contributed by atoms with Crippen LogP contribution in [0.1, 0.15) is 30.4 Å². The van der Waals surface area contributed by atoms with Crippen molar-refractivity contribution in [2.75, 3.05) is 5.32 Å². The fraction of sp³-hybridized carbons (Fsp3) is 0.429. The highest BCUT2D eigenvalue weighted by atomic mass is 19.4. The third-order valence-corrected chi connectivity index (χ3v) is 3.45. The molecular formula is C14H15F3N2O2.